The number of benzene rings is 1. The van der Waals surface area contributed by atoms with Crippen LogP contribution in [0.1, 0.15) is 5.69 Å². The van der Waals surface area contributed by atoms with Crippen molar-refractivity contribution >= 4 is 5.69 Å². The van der Waals surface area contributed by atoms with Crippen molar-refractivity contribution in [3.05, 3.63) is 53.4 Å². The Balaban J connectivity index is 2.27. The summed E-state index contributed by atoms with van der Waals surface area (Å²) in [5.41, 5.74) is -0.0767. The summed E-state index contributed by atoms with van der Waals surface area (Å²) < 4.78 is 54.2. The molecule has 0 atom stereocenters. The Morgan fingerprint density at radius 1 is 1.11 bits per heavy atom. The van der Waals surface area contributed by atoms with Crippen LogP contribution in [0.4, 0.5) is 23.2 Å². The molecule has 0 saturated carbocycles. The molecule has 0 saturated heterocycles. The second-order valence-corrected chi connectivity index (χ2v) is 3.81. The van der Waals surface area contributed by atoms with Gasteiger partial charge in [-0.1, -0.05) is 0 Å². The molecule has 0 aliphatic heterocycles. The molecule has 2 aromatic rings. The number of halogens is 4. The van der Waals surface area contributed by atoms with Crippen molar-refractivity contribution < 1.29 is 17.6 Å². The monoisotopic (exact) mass is 258 g/mol. The van der Waals surface area contributed by atoms with Gasteiger partial charge in [0.1, 0.15) is 5.69 Å². The third-order valence-corrected chi connectivity index (χ3v) is 2.61. The van der Waals surface area contributed by atoms with E-state index in [9.17, 15) is 17.6 Å². The van der Waals surface area contributed by atoms with Crippen LogP contribution in [-0.2, 0) is 13.6 Å². The quantitative estimate of drug-likeness (QED) is 0.661. The predicted molar refractivity (Wildman–Crippen MR) is 59.0 cm³/mol. The second-order valence-electron chi connectivity index (χ2n) is 3.81. The molecule has 1 heterocycles. The number of rotatable bonds is 3. The van der Waals surface area contributed by atoms with Gasteiger partial charge in [0, 0.05) is 25.0 Å². The van der Waals surface area contributed by atoms with Crippen LogP contribution in [0.2, 0.25) is 0 Å². The Morgan fingerprint density at radius 3 is 2.22 bits per heavy atom. The van der Waals surface area contributed by atoms with Crippen molar-refractivity contribution in [2.24, 2.45) is 7.05 Å². The minimum atomic E-state index is -1.43. The summed E-state index contributed by atoms with van der Waals surface area (Å²) in [4.78, 5) is 0. The van der Waals surface area contributed by atoms with E-state index in [2.05, 4.69) is 5.32 Å². The van der Waals surface area contributed by atoms with E-state index in [-0.39, 0.29) is 12.6 Å². The van der Waals surface area contributed by atoms with Crippen molar-refractivity contribution in [1.82, 2.24) is 4.57 Å². The lowest BCUT2D eigenvalue weighted by Crippen LogP contribution is -2.09. The smallest absolute Gasteiger partial charge is 0.185 e. The zero-order valence-corrected chi connectivity index (χ0v) is 9.48. The predicted octanol–water partition coefficient (Wildman–Crippen LogP) is 3.19. The molecular weight excluding hydrogens is 248 g/mol. The van der Waals surface area contributed by atoms with Gasteiger partial charge < -0.3 is 9.88 Å². The summed E-state index contributed by atoms with van der Waals surface area (Å²) in [7, 11) is 1.75. The van der Waals surface area contributed by atoms with Gasteiger partial charge in [-0.3, -0.25) is 0 Å². The van der Waals surface area contributed by atoms with E-state index in [1.54, 1.807) is 29.9 Å². The lowest BCUT2D eigenvalue weighted by atomic mass is 10.2. The first-order chi connectivity index (χ1) is 8.50. The fourth-order valence-corrected chi connectivity index (χ4v) is 1.59. The van der Waals surface area contributed by atoms with Gasteiger partial charge in [-0.15, -0.1) is 0 Å². The van der Waals surface area contributed by atoms with Crippen LogP contribution in [-0.4, -0.2) is 4.57 Å². The van der Waals surface area contributed by atoms with E-state index in [4.69, 9.17) is 0 Å². The van der Waals surface area contributed by atoms with E-state index >= 15 is 0 Å². The summed E-state index contributed by atoms with van der Waals surface area (Å²) >= 11 is 0. The first-order valence-electron chi connectivity index (χ1n) is 5.17. The second kappa shape index (κ2) is 4.72. The zero-order chi connectivity index (χ0) is 13.3. The molecule has 0 amide bonds. The molecule has 6 heteroatoms. The highest BCUT2D eigenvalue weighted by molar-refractivity contribution is 5.47. The summed E-state index contributed by atoms with van der Waals surface area (Å²) in [6.07, 6.45) is 1.75. The first kappa shape index (κ1) is 12.5. The molecule has 0 unspecified atom stereocenters. The van der Waals surface area contributed by atoms with E-state index in [1.807, 2.05) is 0 Å². The SMILES string of the molecule is Cn1cccc1CNc1c(F)c(F)cc(F)c1F. The Kier molecular flexibility index (Phi) is 3.27. The number of aromatic nitrogens is 1. The molecule has 1 aromatic carbocycles. The standard InChI is InChI=1S/C12H10F4N2/c1-18-4-2-3-7(18)6-17-12-10(15)8(13)5-9(14)11(12)16/h2-5,17H,6H2,1H3. The molecule has 1 aromatic heterocycles. The van der Waals surface area contributed by atoms with E-state index in [0.717, 1.165) is 5.69 Å². The summed E-state index contributed by atoms with van der Waals surface area (Å²) in [6.45, 7) is 0.0558. The summed E-state index contributed by atoms with van der Waals surface area (Å²) in [5.74, 6) is -5.71. The number of nitrogens with one attached hydrogen (secondary N) is 1. The maximum absolute atomic E-state index is 13.3. The highest BCUT2D eigenvalue weighted by Gasteiger charge is 2.18. The van der Waals surface area contributed by atoms with Crippen LogP contribution in [0.25, 0.3) is 0 Å². The maximum atomic E-state index is 13.3. The maximum Gasteiger partial charge on any atom is 0.185 e. The van der Waals surface area contributed by atoms with Gasteiger partial charge in [-0.05, 0) is 12.1 Å². The molecule has 0 bridgehead atoms. The molecule has 0 fully saturated rings. The molecule has 0 radical (unpaired) electrons. The molecule has 96 valence electrons. The van der Waals surface area contributed by atoms with E-state index in [1.165, 1.54) is 0 Å². The number of hydrogen-bond acceptors (Lipinski definition) is 1. The molecule has 1 N–H and O–H groups in total. The highest BCUT2D eigenvalue weighted by atomic mass is 19.2. The zero-order valence-electron chi connectivity index (χ0n) is 9.48. The van der Waals surface area contributed by atoms with E-state index in [0.29, 0.717) is 0 Å². The fourth-order valence-electron chi connectivity index (χ4n) is 1.59. The van der Waals surface area contributed by atoms with Crippen molar-refractivity contribution in [2.75, 3.05) is 5.32 Å². The minimum absolute atomic E-state index is 0.0558. The van der Waals surface area contributed by atoms with Crippen molar-refractivity contribution in [3.8, 4) is 0 Å². The normalized spacial score (nSPS) is 10.7. The average Bonchev–Trinajstić information content (AvgIpc) is 2.73. The first-order valence-corrected chi connectivity index (χ1v) is 5.17. The minimum Gasteiger partial charge on any atom is -0.375 e. The fraction of sp³-hybridized carbons (Fsp3) is 0.167. The third kappa shape index (κ3) is 2.18. The molecule has 18 heavy (non-hydrogen) atoms. The molecule has 0 spiro atoms. The van der Waals surface area contributed by atoms with Crippen molar-refractivity contribution in [3.63, 3.8) is 0 Å². The van der Waals surface area contributed by atoms with Gasteiger partial charge >= 0.3 is 0 Å². The lowest BCUT2D eigenvalue weighted by Gasteiger charge is -2.10. The van der Waals surface area contributed by atoms with Crippen LogP contribution in [0.5, 0.6) is 0 Å². The van der Waals surface area contributed by atoms with Gasteiger partial charge in [0.2, 0.25) is 0 Å². The van der Waals surface area contributed by atoms with Gasteiger partial charge in [-0.2, -0.15) is 0 Å². The van der Waals surface area contributed by atoms with Crippen LogP contribution in [0.15, 0.2) is 24.4 Å². The largest absolute Gasteiger partial charge is 0.375 e. The number of hydrogen-bond donors (Lipinski definition) is 1. The van der Waals surface area contributed by atoms with Crippen LogP contribution < -0.4 is 5.32 Å². The van der Waals surface area contributed by atoms with Crippen LogP contribution >= 0.6 is 0 Å². The Bertz CT molecular complexity index is 551. The van der Waals surface area contributed by atoms with E-state index < -0.39 is 29.0 Å². The molecule has 0 aliphatic rings. The number of nitrogens with zero attached hydrogens (tertiary/aromatic N) is 1. The van der Waals surface area contributed by atoms with Gasteiger partial charge in [0.25, 0.3) is 0 Å². The summed E-state index contributed by atoms with van der Waals surface area (Å²) in [6, 6.07) is 3.65. The highest BCUT2D eigenvalue weighted by Crippen LogP contribution is 2.24. The topological polar surface area (TPSA) is 17.0 Å². The average molecular weight is 258 g/mol. The van der Waals surface area contributed by atoms with Crippen LogP contribution in [0.3, 0.4) is 0 Å². The number of aryl methyl sites for hydroxylation is 1. The number of anilines is 1. The lowest BCUT2D eigenvalue weighted by molar-refractivity contribution is 0.458. The summed E-state index contributed by atoms with van der Waals surface area (Å²) in [5, 5.41) is 2.36. The van der Waals surface area contributed by atoms with Gasteiger partial charge in [-0.25, -0.2) is 17.6 Å². The van der Waals surface area contributed by atoms with Gasteiger partial charge in [0.15, 0.2) is 23.3 Å². The van der Waals surface area contributed by atoms with Crippen molar-refractivity contribution in [2.45, 2.75) is 6.54 Å². The molecular formula is C12H10F4N2. The van der Waals surface area contributed by atoms with Crippen LogP contribution in [0, 0.1) is 23.3 Å². The molecule has 0 aliphatic carbocycles. The Labute approximate surface area is 101 Å². The van der Waals surface area contributed by atoms with Gasteiger partial charge in [0.05, 0.1) is 6.54 Å². The molecule has 2 rings (SSSR count). The third-order valence-electron chi connectivity index (χ3n) is 2.61. The molecule has 2 nitrogen and oxygen atoms in total. The Hall–Kier alpha value is -1.98. The van der Waals surface area contributed by atoms with Crippen molar-refractivity contribution in [1.29, 1.82) is 0 Å². The Morgan fingerprint density at radius 2 is 1.72 bits per heavy atom.